The van der Waals surface area contributed by atoms with Crippen molar-refractivity contribution >= 4 is 17.9 Å². The number of aryl methyl sites for hydroxylation is 1. The first kappa shape index (κ1) is 25.9. The van der Waals surface area contributed by atoms with Gasteiger partial charge in [0.15, 0.2) is 12.3 Å². The number of carbonyl (C=O) groups is 1. The van der Waals surface area contributed by atoms with Crippen LogP contribution in [0.15, 0.2) is 76.4 Å². The monoisotopic (exact) mass is 512 g/mol. The number of nitrogens with zero attached hydrogens (tertiary/aromatic N) is 1. The molecular formula is C26H28N2O7S. The highest BCUT2D eigenvalue weighted by Crippen LogP contribution is 2.41. The Hall–Kier alpha value is -3.18. The molecule has 4 rings (SSSR count). The molecule has 0 saturated carbocycles. The van der Waals surface area contributed by atoms with Crippen molar-refractivity contribution in [3.8, 4) is 0 Å². The summed E-state index contributed by atoms with van der Waals surface area (Å²) >= 11 is 3.79. The van der Waals surface area contributed by atoms with Gasteiger partial charge in [0, 0.05) is 11.8 Å². The van der Waals surface area contributed by atoms with Crippen LogP contribution in [0.4, 0.5) is 4.79 Å². The third kappa shape index (κ3) is 5.96. The Morgan fingerprint density at radius 1 is 1.06 bits per heavy atom. The Bertz CT molecular complexity index is 1290. The molecule has 36 heavy (non-hydrogen) atoms. The molecule has 2 aromatic carbocycles. The summed E-state index contributed by atoms with van der Waals surface area (Å²) in [4.78, 5) is 38.9. The SMILES string of the molecule is Cc1cn([C@@H]2O[C@](C)(COCc3ccccc3)[C@@H](OCc3ccccc3)[C@H]2OC(=O)S)c(=O)[nH]c1=O. The molecule has 3 aromatic rings. The number of hydrogen-bond acceptors (Lipinski definition) is 7. The van der Waals surface area contributed by atoms with Crippen LogP contribution in [0.5, 0.6) is 0 Å². The number of aromatic nitrogens is 2. The van der Waals surface area contributed by atoms with Crippen LogP contribution in [0.1, 0.15) is 29.8 Å². The minimum atomic E-state index is -1.12. The fourth-order valence-corrected chi connectivity index (χ4v) is 4.35. The zero-order valence-electron chi connectivity index (χ0n) is 20.0. The second kappa shape index (κ2) is 11.3. The van der Waals surface area contributed by atoms with Gasteiger partial charge in [-0.3, -0.25) is 14.3 Å². The van der Waals surface area contributed by atoms with Crippen LogP contribution in [0, 0.1) is 6.92 Å². The van der Waals surface area contributed by atoms with E-state index in [1.165, 1.54) is 10.8 Å². The van der Waals surface area contributed by atoms with Gasteiger partial charge in [-0.05, 0) is 25.0 Å². The molecule has 9 nitrogen and oxygen atoms in total. The lowest BCUT2D eigenvalue weighted by molar-refractivity contribution is -0.147. The van der Waals surface area contributed by atoms with Crippen molar-refractivity contribution in [1.29, 1.82) is 0 Å². The van der Waals surface area contributed by atoms with Crippen molar-refractivity contribution in [2.24, 2.45) is 0 Å². The average molecular weight is 513 g/mol. The first-order valence-electron chi connectivity index (χ1n) is 11.4. The molecule has 0 unspecified atom stereocenters. The summed E-state index contributed by atoms with van der Waals surface area (Å²) in [6, 6.07) is 19.1. The quantitative estimate of drug-likeness (QED) is 0.334. The third-order valence-corrected chi connectivity index (χ3v) is 6.11. The van der Waals surface area contributed by atoms with Crippen LogP contribution >= 0.6 is 12.6 Å². The molecule has 1 saturated heterocycles. The second-order valence-electron chi connectivity index (χ2n) is 8.84. The van der Waals surface area contributed by atoms with Crippen molar-refractivity contribution in [3.05, 3.63) is 104 Å². The van der Waals surface area contributed by atoms with E-state index in [1.54, 1.807) is 13.8 Å². The molecule has 1 aliphatic rings. The lowest BCUT2D eigenvalue weighted by atomic mass is 9.97. The van der Waals surface area contributed by atoms with E-state index >= 15 is 0 Å². The second-order valence-corrected chi connectivity index (χ2v) is 9.21. The van der Waals surface area contributed by atoms with Gasteiger partial charge < -0.3 is 18.9 Å². The van der Waals surface area contributed by atoms with Crippen LogP contribution in [-0.4, -0.2) is 39.3 Å². The van der Waals surface area contributed by atoms with E-state index in [0.717, 1.165) is 11.1 Å². The van der Waals surface area contributed by atoms with E-state index in [9.17, 15) is 14.4 Å². The molecule has 2 heterocycles. The van der Waals surface area contributed by atoms with Crippen molar-refractivity contribution in [2.45, 2.75) is 51.1 Å². The number of benzene rings is 2. The number of H-pyrrole nitrogens is 1. The van der Waals surface area contributed by atoms with Crippen molar-refractivity contribution in [1.82, 2.24) is 9.55 Å². The lowest BCUT2D eigenvalue weighted by Gasteiger charge is -2.31. The normalized spacial score (nSPS) is 23.5. The smallest absolute Gasteiger partial charge is 0.364 e. The van der Waals surface area contributed by atoms with Crippen LogP contribution in [0.3, 0.4) is 0 Å². The number of aromatic amines is 1. The summed E-state index contributed by atoms with van der Waals surface area (Å²) in [6.07, 6.45) is -1.59. The average Bonchev–Trinajstić information content (AvgIpc) is 3.12. The van der Waals surface area contributed by atoms with Crippen molar-refractivity contribution in [2.75, 3.05) is 6.61 Å². The number of hydrogen-bond donors (Lipinski definition) is 2. The van der Waals surface area contributed by atoms with Crippen LogP contribution in [0.2, 0.25) is 0 Å². The molecule has 0 bridgehead atoms. The fraction of sp³-hybridized carbons (Fsp3) is 0.346. The molecule has 0 aliphatic carbocycles. The Morgan fingerprint density at radius 2 is 1.67 bits per heavy atom. The highest BCUT2D eigenvalue weighted by Gasteiger charge is 2.56. The molecule has 190 valence electrons. The van der Waals surface area contributed by atoms with Crippen molar-refractivity contribution in [3.63, 3.8) is 0 Å². The highest BCUT2D eigenvalue weighted by molar-refractivity contribution is 7.96. The molecule has 0 radical (unpaired) electrons. The van der Waals surface area contributed by atoms with E-state index in [-0.39, 0.29) is 13.2 Å². The van der Waals surface area contributed by atoms with Crippen LogP contribution in [-0.2, 0) is 32.2 Å². The maximum Gasteiger partial charge on any atom is 0.364 e. The summed E-state index contributed by atoms with van der Waals surface area (Å²) in [5.41, 5.74) is -0.157. The molecule has 10 heteroatoms. The number of rotatable bonds is 9. The van der Waals surface area contributed by atoms with Crippen LogP contribution in [0.25, 0.3) is 0 Å². The predicted octanol–water partition coefficient (Wildman–Crippen LogP) is 3.37. The van der Waals surface area contributed by atoms with Gasteiger partial charge in [0.1, 0.15) is 11.7 Å². The highest BCUT2D eigenvalue weighted by atomic mass is 32.1. The number of thiol groups is 1. The first-order chi connectivity index (χ1) is 17.3. The minimum absolute atomic E-state index is 0.0789. The summed E-state index contributed by atoms with van der Waals surface area (Å²) in [6.45, 7) is 3.95. The fourth-order valence-electron chi connectivity index (χ4n) is 4.23. The van der Waals surface area contributed by atoms with Gasteiger partial charge in [-0.15, -0.1) is 0 Å². The minimum Gasteiger partial charge on any atom is -0.447 e. The summed E-state index contributed by atoms with van der Waals surface area (Å²) in [5.74, 6) is 0. The largest absolute Gasteiger partial charge is 0.447 e. The zero-order valence-corrected chi connectivity index (χ0v) is 20.9. The molecule has 4 atom stereocenters. The third-order valence-electron chi connectivity index (χ3n) is 6.00. The number of carbonyl (C=O) groups excluding carboxylic acids is 1. The summed E-state index contributed by atoms with van der Waals surface area (Å²) in [5, 5.41) is -0.856. The van der Waals surface area contributed by atoms with Gasteiger partial charge in [0.05, 0.1) is 19.8 Å². The van der Waals surface area contributed by atoms with Gasteiger partial charge in [0.25, 0.3) is 5.56 Å². The Labute approximate surface area is 213 Å². The molecular weight excluding hydrogens is 484 g/mol. The lowest BCUT2D eigenvalue weighted by Crippen LogP contribution is -2.47. The standard InChI is InChI=1S/C26H28N2O7S/c1-17-13-28(24(30)27-22(17)29)23-20(34-25(31)36)21(33-15-19-11-7-4-8-12-19)26(2,35-23)16-32-14-18-9-5-3-6-10-18/h3-13,20-21,23H,14-16H2,1-2H3,(H,31,36)(H,27,29,30)/t20-,21+,23-,26-/m1/s1. The van der Waals surface area contributed by atoms with Gasteiger partial charge >= 0.3 is 11.0 Å². The predicted molar refractivity (Wildman–Crippen MR) is 135 cm³/mol. The zero-order chi connectivity index (χ0) is 25.7. The maximum atomic E-state index is 12.7. The van der Waals surface area contributed by atoms with E-state index in [1.807, 2.05) is 60.7 Å². The topological polar surface area (TPSA) is 109 Å². The van der Waals surface area contributed by atoms with Gasteiger partial charge in [0.2, 0.25) is 0 Å². The van der Waals surface area contributed by atoms with Crippen LogP contribution < -0.4 is 11.2 Å². The van der Waals surface area contributed by atoms with Gasteiger partial charge in [-0.25, -0.2) is 9.59 Å². The molecule has 1 fully saturated rings. The van der Waals surface area contributed by atoms with Gasteiger partial charge in [-0.2, -0.15) is 0 Å². The van der Waals surface area contributed by atoms with E-state index in [2.05, 4.69) is 17.6 Å². The molecule has 1 aliphatic heterocycles. The van der Waals surface area contributed by atoms with E-state index in [0.29, 0.717) is 12.2 Å². The van der Waals surface area contributed by atoms with Gasteiger partial charge in [-0.1, -0.05) is 73.3 Å². The molecule has 0 amide bonds. The molecule has 0 spiro atoms. The number of ether oxygens (including phenoxy) is 4. The summed E-state index contributed by atoms with van der Waals surface area (Å²) < 4.78 is 25.3. The first-order valence-corrected chi connectivity index (χ1v) is 11.9. The van der Waals surface area contributed by atoms with E-state index < -0.39 is 40.6 Å². The van der Waals surface area contributed by atoms with E-state index in [4.69, 9.17) is 18.9 Å². The molecule has 1 N–H and O–H groups in total. The Morgan fingerprint density at radius 3 is 2.28 bits per heavy atom. The number of nitrogens with one attached hydrogen (secondary N) is 1. The molecule has 1 aromatic heterocycles. The Kier molecular flexibility index (Phi) is 8.10. The maximum absolute atomic E-state index is 12.7. The Balaban J connectivity index is 1.66. The van der Waals surface area contributed by atoms with Crippen molar-refractivity contribution < 1.29 is 23.7 Å². The summed E-state index contributed by atoms with van der Waals surface area (Å²) in [7, 11) is 0.